The van der Waals surface area contributed by atoms with Gasteiger partial charge in [-0.15, -0.1) is 0 Å². The van der Waals surface area contributed by atoms with Crippen molar-refractivity contribution in [3.05, 3.63) is 66.2 Å². The molecular weight excluding hydrogens is 364 g/mol. The molecule has 1 fully saturated rings. The fraction of sp³-hybridized carbons (Fsp3) is 0.348. The van der Waals surface area contributed by atoms with Gasteiger partial charge in [-0.05, 0) is 44.7 Å². The number of pyridine rings is 1. The number of ether oxygens (including phenoxy) is 1. The summed E-state index contributed by atoms with van der Waals surface area (Å²) in [5, 5.41) is 3.17. The van der Waals surface area contributed by atoms with Gasteiger partial charge in [0.1, 0.15) is 17.3 Å². The van der Waals surface area contributed by atoms with E-state index in [2.05, 4.69) is 15.3 Å². The van der Waals surface area contributed by atoms with E-state index in [1.54, 1.807) is 12.4 Å². The Morgan fingerprint density at radius 2 is 1.83 bits per heavy atom. The summed E-state index contributed by atoms with van der Waals surface area (Å²) < 4.78 is 7.96. The van der Waals surface area contributed by atoms with Gasteiger partial charge in [-0.3, -0.25) is 9.78 Å². The number of nitrogens with one attached hydrogen (secondary N) is 1. The summed E-state index contributed by atoms with van der Waals surface area (Å²) in [6.45, 7) is 1.96. The first-order chi connectivity index (χ1) is 14.1. The molecule has 0 atom stereocenters. The highest BCUT2D eigenvalue weighted by molar-refractivity contribution is 5.93. The van der Waals surface area contributed by atoms with Crippen molar-refractivity contribution >= 4 is 5.91 Å². The molecule has 2 aromatic heterocycles. The lowest BCUT2D eigenvalue weighted by atomic mass is 9.93. The van der Waals surface area contributed by atoms with Crippen LogP contribution in [0.25, 0.3) is 11.4 Å². The summed E-state index contributed by atoms with van der Waals surface area (Å²) >= 11 is 0. The molecule has 1 N–H and O–H groups in total. The molecule has 1 aromatic carbocycles. The first-order valence-electron chi connectivity index (χ1n) is 10.1. The molecule has 4 rings (SSSR count). The van der Waals surface area contributed by atoms with Gasteiger partial charge in [0.15, 0.2) is 0 Å². The fourth-order valence-electron chi connectivity index (χ4n) is 3.83. The third-order valence-electron chi connectivity index (χ3n) is 5.51. The Labute approximate surface area is 171 Å². The van der Waals surface area contributed by atoms with Gasteiger partial charge in [-0.2, -0.15) is 0 Å². The molecule has 0 aliphatic heterocycles. The third kappa shape index (κ3) is 4.31. The van der Waals surface area contributed by atoms with E-state index in [0.717, 1.165) is 48.5 Å². The highest BCUT2D eigenvalue weighted by Gasteiger charge is 2.25. The van der Waals surface area contributed by atoms with Gasteiger partial charge >= 0.3 is 0 Å². The minimum Gasteiger partial charge on any atom is -0.489 e. The second kappa shape index (κ2) is 8.47. The second-order valence-electron chi connectivity index (χ2n) is 7.54. The Balaban J connectivity index is 1.34. The van der Waals surface area contributed by atoms with Gasteiger partial charge < -0.3 is 14.6 Å². The molecule has 0 radical (unpaired) electrons. The van der Waals surface area contributed by atoms with Crippen molar-refractivity contribution in [1.82, 2.24) is 19.9 Å². The molecule has 3 aromatic rings. The zero-order chi connectivity index (χ0) is 20.2. The number of hydrogen-bond donors (Lipinski definition) is 1. The highest BCUT2D eigenvalue weighted by Crippen LogP contribution is 2.25. The van der Waals surface area contributed by atoms with E-state index in [4.69, 9.17) is 4.74 Å². The lowest BCUT2D eigenvalue weighted by Crippen LogP contribution is -2.40. The molecule has 1 saturated carbocycles. The van der Waals surface area contributed by atoms with E-state index in [9.17, 15) is 4.79 Å². The summed E-state index contributed by atoms with van der Waals surface area (Å²) in [5.74, 6) is 1.57. The topological polar surface area (TPSA) is 69.0 Å². The molecule has 0 bridgehead atoms. The smallest absolute Gasteiger partial charge is 0.269 e. The lowest BCUT2D eigenvalue weighted by Gasteiger charge is -2.29. The molecule has 0 spiro atoms. The summed E-state index contributed by atoms with van der Waals surface area (Å²) in [5.41, 5.74) is 2.49. The zero-order valence-corrected chi connectivity index (χ0v) is 16.8. The van der Waals surface area contributed by atoms with Gasteiger partial charge in [0, 0.05) is 24.8 Å². The minimum atomic E-state index is -0.0744. The predicted molar refractivity (Wildman–Crippen MR) is 112 cm³/mol. The number of aromatic nitrogens is 3. The normalized spacial score (nSPS) is 19.0. The standard InChI is InChI=1S/C23H26N4O2/c1-16-21(9-6-14-24-16)29-19-12-10-18(11-13-19)26-23(28)20-15-25-22(27(20)2)17-7-4-3-5-8-17/h3-9,14-15,18-19H,10-13H2,1-2H3,(H,26,28). The van der Waals surface area contributed by atoms with Gasteiger partial charge in [0.25, 0.3) is 5.91 Å². The Bertz CT molecular complexity index is 976. The SMILES string of the molecule is Cc1ncccc1OC1CCC(NC(=O)c2cnc(-c3ccccc3)n2C)CC1. The number of rotatable bonds is 5. The average molecular weight is 390 g/mol. The molecule has 1 aliphatic carbocycles. The molecule has 0 saturated heterocycles. The van der Waals surface area contributed by atoms with Crippen molar-refractivity contribution in [3.63, 3.8) is 0 Å². The van der Waals surface area contributed by atoms with Gasteiger partial charge in [-0.1, -0.05) is 30.3 Å². The van der Waals surface area contributed by atoms with Crippen molar-refractivity contribution < 1.29 is 9.53 Å². The van der Waals surface area contributed by atoms with Crippen LogP contribution in [-0.4, -0.2) is 32.6 Å². The summed E-state index contributed by atoms with van der Waals surface area (Å²) in [6, 6.07) is 13.9. The number of benzene rings is 1. The van der Waals surface area contributed by atoms with Gasteiger partial charge in [-0.25, -0.2) is 4.98 Å². The molecule has 1 aliphatic rings. The predicted octanol–water partition coefficient (Wildman–Crippen LogP) is 3.91. The van der Waals surface area contributed by atoms with E-state index >= 15 is 0 Å². The van der Waals surface area contributed by atoms with Gasteiger partial charge in [0.05, 0.1) is 18.0 Å². The molecule has 150 valence electrons. The number of amides is 1. The van der Waals surface area contributed by atoms with Crippen LogP contribution in [0.4, 0.5) is 0 Å². The fourth-order valence-corrected chi connectivity index (χ4v) is 3.83. The molecule has 6 heteroatoms. The van der Waals surface area contributed by atoms with Crippen LogP contribution in [-0.2, 0) is 7.05 Å². The Morgan fingerprint density at radius 3 is 2.55 bits per heavy atom. The average Bonchev–Trinajstić information content (AvgIpc) is 3.13. The Morgan fingerprint density at radius 1 is 1.07 bits per heavy atom. The number of hydrogen-bond acceptors (Lipinski definition) is 4. The number of carbonyl (C=O) groups excluding carboxylic acids is 1. The Hall–Kier alpha value is -3.15. The zero-order valence-electron chi connectivity index (χ0n) is 16.8. The van der Waals surface area contributed by atoms with E-state index in [1.807, 2.05) is 61.0 Å². The van der Waals surface area contributed by atoms with E-state index in [-0.39, 0.29) is 18.1 Å². The number of aryl methyl sites for hydroxylation is 1. The maximum atomic E-state index is 12.8. The molecule has 29 heavy (non-hydrogen) atoms. The molecule has 2 heterocycles. The van der Waals surface area contributed by atoms with E-state index in [1.165, 1.54) is 0 Å². The minimum absolute atomic E-state index is 0.0744. The third-order valence-corrected chi connectivity index (χ3v) is 5.51. The summed E-state index contributed by atoms with van der Waals surface area (Å²) in [7, 11) is 1.88. The van der Waals surface area contributed by atoms with Gasteiger partial charge in [0.2, 0.25) is 0 Å². The van der Waals surface area contributed by atoms with Crippen molar-refractivity contribution in [2.45, 2.75) is 44.8 Å². The van der Waals surface area contributed by atoms with Crippen LogP contribution in [0, 0.1) is 6.92 Å². The monoisotopic (exact) mass is 390 g/mol. The summed E-state index contributed by atoms with van der Waals surface area (Å²) in [6.07, 6.45) is 7.24. The van der Waals surface area contributed by atoms with E-state index in [0.29, 0.717) is 5.69 Å². The van der Waals surface area contributed by atoms with Crippen LogP contribution < -0.4 is 10.1 Å². The number of carbonyl (C=O) groups is 1. The first-order valence-corrected chi connectivity index (χ1v) is 10.1. The van der Waals surface area contributed by atoms with Crippen molar-refractivity contribution in [2.75, 3.05) is 0 Å². The maximum Gasteiger partial charge on any atom is 0.269 e. The van der Waals surface area contributed by atoms with Crippen LogP contribution in [0.5, 0.6) is 5.75 Å². The highest BCUT2D eigenvalue weighted by atomic mass is 16.5. The number of nitrogens with zero attached hydrogens (tertiary/aromatic N) is 3. The van der Waals surface area contributed by atoms with Crippen LogP contribution >= 0.6 is 0 Å². The van der Waals surface area contributed by atoms with Crippen molar-refractivity contribution in [1.29, 1.82) is 0 Å². The van der Waals surface area contributed by atoms with Crippen molar-refractivity contribution in [3.8, 4) is 17.1 Å². The van der Waals surface area contributed by atoms with Crippen LogP contribution in [0.15, 0.2) is 54.9 Å². The largest absolute Gasteiger partial charge is 0.489 e. The lowest BCUT2D eigenvalue weighted by molar-refractivity contribution is 0.0885. The van der Waals surface area contributed by atoms with Crippen LogP contribution in [0.1, 0.15) is 41.9 Å². The van der Waals surface area contributed by atoms with E-state index < -0.39 is 0 Å². The molecular formula is C23H26N4O2. The maximum absolute atomic E-state index is 12.8. The van der Waals surface area contributed by atoms with Crippen LogP contribution in [0.3, 0.4) is 0 Å². The van der Waals surface area contributed by atoms with Crippen molar-refractivity contribution in [2.24, 2.45) is 7.05 Å². The molecule has 1 amide bonds. The quantitative estimate of drug-likeness (QED) is 0.717. The summed E-state index contributed by atoms with van der Waals surface area (Å²) in [4.78, 5) is 21.5. The first kappa shape index (κ1) is 19.2. The molecule has 6 nitrogen and oxygen atoms in total. The second-order valence-corrected chi connectivity index (χ2v) is 7.54. The Kier molecular flexibility index (Phi) is 5.60. The number of imidazole rings is 1. The van der Waals surface area contributed by atoms with Crippen LogP contribution in [0.2, 0.25) is 0 Å². The molecule has 0 unspecified atom stereocenters.